The van der Waals surface area contributed by atoms with Crippen LogP contribution in [0.4, 0.5) is 26.3 Å². The van der Waals surface area contributed by atoms with Gasteiger partial charge < -0.3 is 5.73 Å². The van der Waals surface area contributed by atoms with Gasteiger partial charge in [0, 0.05) is 19.5 Å². The van der Waals surface area contributed by atoms with E-state index in [4.69, 9.17) is 5.73 Å². The van der Waals surface area contributed by atoms with Crippen molar-refractivity contribution in [1.82, 2.24) is 9.78 Å². The first kappa shape index (κ1) is 17.3. The number of rotatable bonds is 3. The van der Waals surface area contributed by atoms with Gasteiger partial charge in [-0.3, -0.25) is 4.68 Å². The Morgan fingerprint density at radius 2 is 1.65 bits per heavy atom. The van der Waals surface area contributed by atoms with Crippen LogP contribution in [0.2, 0.25) is 0 Å². The summed E-state index contributed by atoms with van der Waals surface area (Å²) in [5, 5.41) is 3.90. The van der Waals surface area contributed by atoms with Crippen molar-refractivity contribution in [2.24, 2.45) is 18.7 Å². The Balaban J connectivity index is 3.06. The second kappa shape index (κ2) is 5.55. The molecule has 1 unspecified atom stereocenters. The summed E-state index contributed by atoms with van der Waals surface area (Å²) in [6.07, 6.45) is -11.5. The predicted molar refractivity (Wildman–Crippen MR) is 62.9 cm³/mol. The van der Waals surface area contributed by atoms with E-state index in [0.29, 0.717) is 10.2 Å². The highest BCUT2D eigenvalue weighted by atomic mass is 79.9. The molecule has 20 heavy (non-hydrogen) atoms. The Morgan fingerprint density at radius 3 is 1.95 bits per heavy atom. The van der Waals surface area contributed by atoms with Crippen molar-refractivity contribution in [3.63, 3.8) is 0 Å². The highest BCUT2D eigenvalue weighted by Crippen LogP contribution is 2.41. The number of hydrogen-bond acceptors (Lipinski definition) is 2. The zero-order valence-electron chi connectivity index (χ0n) is 10.5. The highest BCUT2D eigenvalue weighted by molar-refractivity contribution is 9.10. The topological polar surface area (TPSA) is 43.8 Å². The van der Waals surface area contributed by atoms with Crippen LogP contribution in [0.3, 0.4) is 0 Å². The van der Waals surface area contributed by atoms with E-state index < -0.39 is 30.7 Å². The molecule has 0 aliphatic carbocycles. The zero-order valence-corrected chi connectivity index (χ0v) is 12.1. The number of nitrogens with two attached hydrogens (primary N) is 1. The molecule has 0 fully saturated rings. The quantitative estimate of drug-likeness (QED) is 0.834. The smallest absolute Gasteiger partial charge is 0.326 e. The molecule has 0 radical (unpaired) electrons. The molecule has 0 saturated carbocycles. The van der Waals surface area contributed by atoms with Crippen molar-refractivity contribution < 1.29 is 26.3 Å². The number of aromatic nitrogens is 2. The van der Waals surface area contributed by atoms with Crippen molar-refractivity contribution in [2.45, 2.75) is 31.7 Å². The Bertz CT molecular complexity index is 465. The molecule has 116 valence electrons. The van der Waals surface area contributed by atoms with Gasteiger partial charge >= 0.3 is 12.4 Å². The number of halogens is 7. The molecule has 10 heteroatoms. The first-order valence-corrected chi connectivity index (χ1v) is 6.22. The van der Waals surface area contributed by atoms with Gasteiger partial charge in [0.1, 0.15) is 0 Å². The third-order valence-electron chi connectivity index (χ3n) is 2.82. The van der Waals surface area contributed by atoms with E-state index in [1.165, 1.54) is 11.7 Å². The molecule has 0 aliphatic rings. The molecule has 1 rings (SSSR count). The fourth-order valence-corrected chi connectivity index (χ4v) is 2.41. The maximum atomic E-state index is 12.5. The van der Waals surface area contributed by atoms with E-state index in [9.17, 15) is 26.3 Å². The predicted octanol–water partition coefficient (Wildman–Crippen LogP) is 3.10. The lowest BCUT2D eigenvalue weighted by molar-refractivity contribution is -0.289. The van der Waals surface area contributed by atoms with Crippen LogP contribution in [0.15, 0.2) is 4.47 Å². The number of nitrogens with zero attached hydrogens (tertiary/aromatic N) is 2. The molecule has 1 aromatic heterocycles. The molecule has 1 heterocycles. The fraction of sp³-hybridized carbons (Fsp3) is 0.700. The van der Waals surface area contributed by atoms with Gasteiger partial charge in [-0.2, -0.15) is 31.4 Å². The van der Waals surface area contributed by atoms with Crippen LogP contribution in [-0.4, -0.2) is 28.2 Å². The summed E-state index contributed by atoms with van der Waals surface area (Å²) >= 11 is 3.08. The van der Waals surface area contributed by atoms with Crippen LogP contribution in [0.1, 0.15) is 11.4 Å². The van der Waals surface area contributed by atoms with E-state index in [2.05, 4.69) is 21.0 Å². The SMILES string of the molecule is Cc1nn(C)c(CC(N)C(C(F)(F)F)C(F)(F)F)c1Br. The van der Waals surface area contributed by atoms with E-state index in [1.807, 2.05) is 0 Å². The van der Waals surface area contributed by atoms with Gasteiger partial charge in [0.25, 0.3) is 0 Å². The molecular formula is C10H12BrF6N3. The molecule has 0 aromatic carbocycles. The Morgan fingerprint density at radius 1 is 1.20 bits per heavy atom. The van der Waals surface area contributed by atoms with E-state index in [0.717, 1.165) is 0 Å². The van der Waals surface area contributed by atoms with Crippen molar-refractivity contribution in [1.29, 1.82) is 0 Å². The van der Waals surface area contributed by atoms with Gasteiger partial charge in [0.2, 0.25) is 0 Å². The van der Waals surface area contributed by atoms with E-state index >= 15 is 0 Å². The minimum Gasteiger partial charge on any atom is -0.326 e. The molecule has 0 spiro atoms. The van der Waals surface area contributed by atoms with Crippen LogP contribution >= 0.6 is 15.9 Å². The number of alkyl halides is 6. The van der Waals surface area contributed by atoms with E-state index in [-0.39, 0.29) is 5.69 Å². The average molecular weight is 368 g/mol. The minimum atomic E-state index is -5.45. The summed E-state index contributed by atoms with van der Waals surface area (Å²) in [5.41, 5.74) is 5.82. The lowest BCUT2D eigenvalue weighted by Gasteiger charge is -2.28. The molecule has 0 saturated heterocycles. The first-order chi connectivity index (χ1) is 8.85. The molecule has 1 aromatic rings. The molecule has 0 bridgehead atoms. The van der Waals surface area contributed by atoms with Gasteiger partial charge in [-0.15, -0.1) is 0 Å². The van der Waals surface area contributed by atoms with Crippen LogP contribution in [0.5, 0.6) is 0 Å². The molecular weight excluding hydrogens is 356 g/mol. The molecule has 2 N–H and O–H groups in total. The summed E-state index contributed by atoms with van der Waals surface area (Å²) < 4.78 is 76.8. The average Bonchev–Trinajstić information content (AvgIpc) is 2.40. The second-order valence-electron chi connectivity index (χ2n) is 4.40. The Kier molecular flexibility index (Phi) is 4.79. The Labute approximate surface area is 119 Å². The lowest BCUT2D eigenvalue weighted by Crippen LogP contribution is -2.50. The molecule has 0 aliphatic heterocycles. The van der Waals surface area contributed by atoms with Gasteiger partial charge in [0.05, 0.1) is 15.9 Å². The summed E-state index contributed by atoms with van der Waals surface area (Å²) in [6.45, 7) is 1.57. The summed E-state index contributed by atoms with van der Waals surface area (Å²) in [5.74, 6) is -3.57. The minimum absolute atomic E-state index is 0.188. The maximum absolute atomic E-state index is 12.5. The van der Waals surface area contributed by atoms with Gasteiger partial charge in [0.15, 0.2) is 5.92 Å². The van der Waals surface area contributed by atoms with Crippen LogP contribution in [-0.2, 0) is 13.5 Å². The van der Waals surface area contributed by atoms with Gasteiger partial charge in [-0.05, 0) is 22.9 Å². The lowest BCUT2D eigenvalue weighted by atomic mass is 9.95. The summed E-state index contributed by atoms with van der Waals surface area (Å²) in [4.78, 5) is 0. The first-order valence-electron chi connectivity index (χ1n) is 5.42. The number of aryl methyl sites for hydroxylation is 2. The fourth-order valence-electron chi connectivity index (χ4n) is 1.91. The Hall–Kier alpha value is -0.770. The van der Waals surface area contributed by atoms with Crippen molar-refractivity contribution in [2.75, 3.05) is 0 Å². The third kappa shape index (κ3) is 3.66. The van der Waals surface area contributed by atoms with Crippen LogP contribution < -0.4 is 5.73 Å². The number of hydrogen-bond donors (Lipinski definition) is 1. The van der Waals surface area contributed by atoms with E-state index in [1.54, 1.807) is 6.92 Å². The molecule has 1 atom stereocenters. The van der Waals surface area contributed by atoms with Crippen LogP contribution in [0, 0.1) is 12.8 Å². The third-order valence-corrected chi connectivity index (χ3v) is 3.86. The van der Waals surface area contributed by atoms with Gasteiger partial charge in [-0.25, -0.2) is 0 Å². The summed E-state index contributed by atoms with van der Waals surface area (Å²) in [6, 6.07) is -2.14. The largest absolute Gasteiger partial charge is 0.402 e. The monoisotopic (exact) mass is 367 g/mol. The van der Waals surface area contributed by atoms with Gasteiger partial charge in [-0.1, -0.05) is 0 Å². The zero-order chi connectivity index (χ0) is 15.9. The molecule has 0 amide bonds. The summed E-state index contributed by atoms with van der Waals surface area (Å²) in [7, 11) is 1.43. The maximum Gasteiger partial charge on any atom is 0.402 e. The van der Waals surface area contributed by atoms with Crippen molar-refractivity contribution in [3.8, 4) is 0 Å². The standard InChI is InChI=1S/C10H12BrF6N3/c1-4-7(11)6(20(2)19-4)3-5(18)8(9(12,13)14)10(15,16)17/h5,8H,3,18H2,1-2H3. The molecule has 3 nitrogen and oxygen atoms in total. The van der Waals surface area contributed by atoms with Crippen LogP contribution in [0.25, 0.3) is 0 Å². The second-order valence-corrected chi connectivity index (χ2v) is 5.19. The highest BCUT2D eigenvalue weighted by Gasteiger charge is 2.59. The van der Waals surface area contributed by atoms with Crippen molar-refractivity contribution >= 4 is 15.9 Å². The normalized spacial score (nSPS) is 14.9. The van der Waals surface area contributed by atoms with Crippen molar-refractivity contribution in [3.05, 3.63) is 15.9 Å².